The lowest BCUT2D eigenvalue weighted by Gasteiger charge is -2.20. The van der Waals surface area contributed by atoms with E-state index in [4.69, 9.17) is 0 Å². The van der Waals surface area contributed by atoms with Crippen LogP contribution in [0.1, 0.15) is 23.2 Å². The maximum atomic E-state index is 12.1. The average molecular weight is 218 g/mol. The molecule has 0 saturated heterocycles. The molecule has 1 N–H and O–H groups in total. The van der Waals surface area contributed by atoms with Gasteiger partial charge in [-0.15, -0.1) is 6.58 Å². The van der Waals surface area contributed by atoms with Crippen LogP contribution in [0, 0.1) is 0 Å². The lowest BCUT2D eigenvalue weighted by molar-refractivity contribution is 0.0761. The summed E-state index contributed by atoms with van der Waals surface area (Å²) < 4.78 is 0. The van der Waals surface area contributed by atoms with Gasteiger partial charge in [-0.2, -0.15) is 0 Å². The third-order valence-corrected chi connectivity index (χ3v) is 2.63. The van der Waals surface area contributed by atoms with Crippen molar-refractivity contribution in [3.63, 3.8) is 0 Å². The van der Waals surface area contributed by atoms with Crippen molar-refractivity contribution in [1.29, 1.82) is 0 Å². The maximum Gasteiger partial charge on any atom is 0.259 e. The van der Waals surface area contributed by atoms with E-state index >= 15 is 0 Å². The molecule has 1 aliphatic carbocycles. The van der Waals surface area contributed by atoms with Gasteiger partial charge in [0.05, 0.1) is 0 Å². The van der Waals surface area contributed by atoms with Gasteiger partial charge in [-0.1, -0.05) is 6.08 Å². The molecule has 0 aliphatic heterocycles. The van der Waals surface area contributed by atoms with Crippen LogP contribution in [-0.2, 0) is 0 Å². The van der Waals surface area contributed by atoms with Crippen LogP contribution in [0.3, 0.4) is 0 Å². The molecule has 1 amide bonds. The first kappa shape index (κ1) is 10.7. The highest BCUT2D eigenvalue weighted by Gasteiger charge is 2.32. The van der Waals surface area contributed by atoms with Gasteiger partial charge in [0.2, 0.25) is 0 Å². The second-order valence-corrected chi connectivity index (χ2v) is 3.90. The summed E-state index contributed by atoms with van der Waals surface area (Å²) >= 11 is 0. The highest BCUT2D eigenvalue weighted by Crippen LogP contribution is 2.27. The summed E-state index contributed by atoms with van der Waals surface area (Å²) in [6.07, 6.45) is 6.71. The van der Waals surface area contributed by atoms with Crippen molar-refractivity contribution in [2.24, 2.45) is 0 Å². The summed E-state index contributed by atoms with van der Waals surface area (Å²) in [5, 5.41) is 0. The first-order valence-electron chi connectivity index (χ1n) is 5.33. The third-order valence-electron chi connectivity index (χ3n) is 2.63. The Kier molecular flexibility index (Phi) is 2.90. The third kappa shape index (κ3) is 2.05. The summed E-state index contributed by atoms with van der Waals surface area (Å²) in [5.74, 6) is -0.204. The predicted molar refractivity (Wildman–Crippen MR) is 61.3 cm³/mol. The Morgan fingerprint density at radius 2 is 2.38 bits per heavy atom. The van der Waals surface area contributed by atoms with Crippen LogP contribution in [0.15, 0.2) is 35.9 Å². The van der Waals surface area contributed by atoms with Crippen LogP contribution in [0.25, 0.3) is 0 Å². The van der Waals surface area contributed by atoms with Crippen molar-refractivity contribution >= 4 is 5.91 Å². The van der Waals surface area contributed by atoms with Gasteiger partial charge in [0.15, 0.2) is 5.43 Å². The lowest BCUT2D eigenvalue weighted by atomic mass is 10.2. The van der Waals surface area contributed by atoms with Gasteiger partial charge in [0.25, 0.3) is 5.91 Å². The molecular formula is C12H14N2O2. The van der Waals surface area contributed by atoms with Gasteiger partial charge in [0, 0.05) is 31.0 Å². The molecule has 0 bridgehead atoms. The molecule has 1 aromatic rings. The fourth-order valence-corrected chi connectivity index (χ4v) is 1.66. The minimum atomic E-state index is -0.238. The van der Waals surface area contributed by atoms with Crippen LogP contribution in [-0.4, -0.2) is 28.4 Å². The van der Waals surface area contributed by atoms with E-state index in [1.807, 2.05) is 0 Å². The molecule has 0 radical (unpaired) electrons. The Hall–Kier alpha value is -1.84. The van der Waals surface area contributed by atoms with Crippen molar-refractivity contribution in [3.05, 3.63) is 46.9 Å². The minimum absolute atomic E-state index is 0.204. The van der Waals surface area contributed by atoms with Crippen molar-refractivity contribution in [1.82, 2.24) is 9.88 Å². The summed E-state index contributed by atoms with van der Waals surface area (Å²) in [5.41, 5.74) is -0.0327. The smallest absolute Gasteiger partial charge is 0.259 e. The number of nitrogens with one attached hydrogen (secondary N) is 1. The van der Waals surface area contributed by atoms with Crippen molar-refractivity contribution in [2.75, 3.05) is 6.54 Å². The highest BCUT2D eigenvalue weighted by molar-refractivity contribution is 5.94. The number of aromatic amines is 1. The van der Waals surface area contributed by atoms with Crippen LogP contribution in [0.5, 0.6) is 0 Å². The summed E-state index contributed by atoms with van der Waals surface area (Å²) in [7, 11) is 0. The fourth-order valence-electron chi connectivity index (χ4n) is 1.66. The maximum absolute atomic E-state index is 12.1. The quantitative estimate of drug-likeness (QED) is 0.771. The lowest BCUT2D eigenvalue weighted by Crippen LogP contribution is -2.36. The molecule has 1 saturated carbocycles. The van der Waals surface area contributed by atoms with Crippen LogP contribution in [0.4, 0.5) is 0 Å². The van der Waals surface area contributed by atoms with E-state index in [1.54, 1.807) is 11.0 Å². The number of hydrogen-bond donors (Lipinski definition) is 1. The van der Waals surface area contributed by atoms with Crippen LogP contribution >= 0.6 is 0 Å². The van der Waals surface area contributed by atoms with Gasteiger partial charge >= 0.3 is 0 Å². The van der Waals surface area contributed by atoms with Crippen LogP contribution < -0.4 is 5.43 Å². The molecule has 0 spiro atoms. The Bertz CT molecular complexity index is 460. The molecule has 16 heavy (non-hydrogen) atoms. The van der Waals surface area contributed by atoms with Gasteiger partial charge in [-0.25, -0.2) is 0 Å². The zero-order chi connectivity index (χ0) is 11.5. The van der Waals surface area contributed by atoms with E-state index in [0.717, 1.165) is 12.8 Å². The molecular weight excluding hydrogens is 204 g/mol. The summed E-state index contributed by atoms with van der Waals surface area (Å²) in [6, 6.07) is 1.65. The van der Waals surface area contributed by atoms with Gasteiger partial charge in [-0.3, -0.25) is 9.59 Å². The molecule has 1 heterocycles. The summed E-state index contributed by atoms with van der Waals surface area (Å²) in [6.45, 7) is 4.13. The monoisotopic (exact) mass is 218 g/mol. The Balaban J connectivity index is 2.25. The molecule has 0 unspecified atom stereocenters. The number of pyridine rings is 1. The number of aromatic nitrogens is 1. The molecule has 84 valence electrons. The fraction of sp³-hybridized carbons (Fsp3) is 0.333. The highest BCUT2D eigenvalue weighted by atomic mass is 16.2. The van der Waals surface area contributed by atoms with Gasteiger partial charge in [0.1, 0.15) is 5.56 Å². The minimum Gasteiger partial charge on any atom is -0.367 e. The average Bonchev–Trinajstić information content (AvgIpc) is 3.09. The van der Waals surface area contributed by atoms with Crippen molar-refractivity contribution < 1.29 is 4.79 Å². The summed E-state index contributed by atoms with van der Waals surface area (Å²) in [4.78, 5) is 28.1. The largest absolute Gasteiger partial charge is 0.367 e. The molecule has 0 atom stereocenters. The van der Waals surface area contributed by atoms with Crippen molar-refractivity contribution in [2.45, 2.75) is 18.9 Å². The molecule has 4 nitrogen and oxygen atoms in total. The number of nitrogens with zero attached hydrogens (tertiary/aromatic N) is 1. The van der Waals surface area contributed by atoms with E-state index in [0.29, 0.717) is 6.54 Å². The Labute approximate surface area is 93.6 Å². The number of carbonyl (C=O) groups is 1. The van der Waals surface area contributed by atoms with Gasteiger partial charge in [-0.05, 0) is 12.8 Å². The topological polar surface area (TPSA) is 53.2 Å². The number of hydrogen-bond acceptors (Lipinski definition) is 2. The normalized spacial score (nSPS) is 14.5. The van der Waals surface area contributed by atoms with E-state index in [1.165, 1.54) is 18.5 Å². The molecule has 1 aliphatic rings. The SMILES string of the molecule is C=CCN(C(=O)c1c[nH]ccc1=O)C1CC1. The van der Waals surface area contributed by atoms with E-state index in [2.05, 4.69) is 11.6 Å². The Morgan fingerprint density at radius 1 is 1.62 bits per heavy atom. The van der Waals surface area contributed by atoms with Crippen LogP contribution in [0.2, 0.25) is 0 Å². The van der Waals surface area contributed by atoms with E-state index < -0.39 is 0 Å². The molecule has 4 heteroatoms. The number of H-pyrrole nitrogens is 1. The molecule has 1 fully saturated rings. The first-order valence-corrected chi connectivity index (χ1v) is 5.33. The molecule has 2 rings (SSSR count). The zero-order valence-corrected chi connectivity index (χ0v) is 8.98. The first-order chi connectivity index (χ1) is 7.74. The predicted octanol–water partition coefficient (Wildman–Crippen LogP) is 1.17. The standard InChI is InChI=1S/C12H14N2O2/c1-2-7-14(9-3-4-9)12(16)10-8-13-6-5-11(10)15/h2,5-6,8-9H,1,3-4,7H2,(H,13,15). The molecule has 1 aromatic heterocycles. The zero-order valence-electron chi connectivity index (χ0n) is 8.98. The number of amides is 1. The number of rotatable bonds is 4. The number of carbonyl (C=O) groups excluding carboxylic acids is 1. The molecule has 0 aromatic carbocycles. The second kappa shape index (κ2) is 4.35. The van der Waals surface area contributed by atoms with E-state index in [-0.39, 0.29) is 22.9 Å². The second-order valence-electron chi connectivity index (χ2n) is 3.90. The van der Waals surface area contributed by atoms with Gasteiger partial charge < -0.3 is 9.88 Å². The van der Waals surface area contributed by atoms with Crippen molar-refractivity contribution in [3.8, 4) is 0 Å². The Morgan fingerprint density at radius 3 is 2.94 bits per heavy atom. The van der Waals surface area contributed by atoms with E-state index in [9.17, 15) is 9.59 Å².